The predicted octanol–water partition coefficient (Wildman–Crippen LogP) is 8.45. The molecule has 0 spiro atoms. The lowest BCUT2D eigenvalue weighted by molar-refractivity contribution is -0.141. The third-order valence-corrected chi connectivity index (χ3v) is 8.09. The van der Waals surface area contributed by atoms with Crippen LogP contribution in [0.25, 0.3) is 16.7 Å². The molecule has 0 fully saturated rings. The third-order valence-electron chi connectivity index (χ3n) is 8.09. The van der Waals surface area contributed by atoms with E-state index in [2.05, 4.69) is 49.7 Å². The van der Waals surface area contributed by atoms with Crippen LogP contribution >= 0.6 is 0 Å². The number of carbonyl (C=O) groups is 1. The van der Waals surface area contributed by atoms with E-state index in [0.717, 1.165) is 63.2 Å². The fraction of sp³-hybridized carbons (Fsp3) is 0.333. The minimum absolute atomic E-state index is 0.0508. The first-order valence-electron chi connectivity index (χ1n) is 14.5. The second-order valence-electron chi connectivity index (χ2n) is 11.3. The minimum Gasteiger partial charge on any atom is -0.492 e. The highest BCUT2D eigenvalue weighted by Gasteiger charge is 2.28. The van der Waals surface area contributed by atoms with Crippen molar-refractivity contribution in [3.05, 3.63) is 106 Å². The molecule has 0 unspecified atom stereocenters. The Labute approximate surface area is 247 Å². The number of rotatable bonds is 6. The van der Waals surface area contributed by atoms with Gasteiger partial charge in [0.1, 0.15) is 23.4 Å². The molecule has 1 aliphatic carbocycles. The Hall–Kier alpha value is -4.19. The standard InChI is InChI=1S/C36H38FNO4/c1-21-14-27(28-16-23(3)38-24(4)17-28)15-22(2)36(21)26-8-7-9-33(25(5)32(37)13-10-26)42-30-11-12-31-29(18-35(39)40-6)20-41-34(31)19-30/h10-17,19,29,33H,5,7-9,18,20H2,1-4,6H3/b26-10+,32-13+/t29-,33-/m1/s1. The molecular formula is C36H38FNO4. The van der Waals surface area contributed by atoms with Gasteiger partial charge < -0.3 is 14.2 Å². The average molecular weight is 568 g/mol. The summed E-state index contributed by atoms with van der Waals surface area (Å²) in [5.74, 6) is 0.563. The van der Waals surface area contributed by atoms with Crippen LogP contribution in [0, 0.1) is 27.7 Å². The summed E-state index contributed by atoms with van der Waals surface area (Å²) in [5.41, 5.74) is 10.2. The predicted molar refractivity (Wildman–Crippen MR) is 165 cm³/mol. The van der Waals surface area contributed by atoms with Crippen molar-refractivity contribution in [2.45, 2.75) is 65.4 Å². The molecule has 3 aromatic rings. The number of carbonyl (C=O) groups excluding carboxylic acids is 1. The number of nitrogens with zero attached hydrogens (tertiary/aromatic N) is 1. The van der Waals surface area contributed by atoms with Crippen molar-refractivity contribution in [1.29, 1.82) is 0 Å². The fourth-order valence-electron chi connectivity index (χ4n) is 6.09. The number of fused-ring (bicyclic) bond motifs is 1. The van der Waals surface area contributed by atoms with Crippen LogP contribution in [-0.4, -0.2) is 30.8 Å². The molecule has 6 heteroatoms. The normalized spacial score (nSPS) is 21.0. The minimum atomic E-state index is -0.512. The molecule has 0 N–H and O–H groups in total. The highest BCUT2D eigenvalue weighted by Crippen LogP contribution is 2.40. The molecule has 5 nitrogen and oxygen atoms in total. The third kappa shape index (κ3) is 6.33. The zero-order chi connectivity index (χ0) is 30.0. The Morgan fingerprint density at radius 3 is 2.40 bits per heavy atom. The van der Waals surface area contributed by atoms with Gasteiger partial charge in [-0.2, -0.15) is 0 Å². The Kier molecular flexibility index (Phi) is 8.62. The Balaban J connectivity index is 1.33. The Morgan fingerprint density at radius 1 is 1.02 bits per heavy atom. The maximum atomic E-state index is 15.4. The summed E-state index contributed by atoms with van der Waals surface area (Å²) in [6, 6.07) is 14.2. The fourth-order valence-corrected chi connectivity index (χ4v) is 6.09. The van der Waals surface area contributed by atoms with Crippen molar-refractivity contribution >= 4 is 11.5 Å². The summed E-state index contributed by atoms with van der Waals surface area (Å²) >= 11 is 0. The van der Waals surface area contributed by atoms with Crippen molar-refractivity contribution in [1.82, 2.24) is 4.98 Å². The molecular weight excluding hydrogens is 529 g/mol. The van der Waals surface area contributed by atoms with E-state index in [9.17, 15) is 4.79 Å². The van der Waals surface area contributed by atoms with E-state index in [1.807, 2.05) is 38.1 Å². The maximum Gasteiger partial charge on any atom is 0.306 e. The molecule has 5 rings (SSSR count). The monoisotopic (exact) mass is 567 g/mol. The van der Waals surface area contributed by atoms with Crippen LogP contribution in [0.5, 0.6) is 11.5 Å². The number of ether oxygens (including phenoxy) is 3. The molecule has 2 heterocycles. The first-order chi connectivity index (χ1) is 20.1. The Bertz CT molecular complexity index is 1560. The summed E-state index contributed by atoms with van der Waals surface area (Å²) in [6.07, 6.45) is 5.37. The lowest BCUT2D eigenvalue weighted by atomic mass is 9.88. The zero-order valence-electron chi connectivity index (χ0n) is 25.1. The number of benzene rings is 2. The van der Waals surface area contributed by atoms with Crippen LogP contribution < -0.4 is 9.47 Å². The second kappa shape index (κ2) is 12.4. The van der Waals surface area contributed by atoms with E-state index in [-0.39, 0.29) is 24.1 Å². The number of halogens is 1. The number of aromatic nitrogens is 1. The molecule has 1 aliphatic heterocycles. The van der Waals surface area contributed by atoms with E-state index < -0.39 is 6.10 Å². The first kappa shape index (κ1) is 29.3. The van der Waals surface area contributed by atoms with E-state index >= 15 is 4.39 Å². The molecule has 218 valence electrons. The second-order valence-corrected chi connectivity index (χ2v) is 11.3. The van der Waals surface area contributed by atoms with Crippen molar-refractivity contribution in [3.8, 4) is 22.6 Å². The smallest absolute Gasteiger partial charge is 0.306 e. The number of aryl methyl sites for hydroxylation is 4. The number of hydrogen-bond acceptors (Lipinski definition) is 5. The van der Waals surface area contributed by atoms with Gasteiger partial charge in [-0.05, 0) is 105 Å². The molecule has 0 radical (unpaired) electrons. The van der Waals surface area contributed by atoms with Crippen LogP contribution in [-0.2, 0) is 9.53 Å². The van der Waals surface area contributed by atoms with Gasteiger partial charge in [0.15, 0.2) is 0 Å². The van der Waals surface area contributed by atoms with Gasteiger partial charge in [0.25, 0.3) is 0 Å². The number of methoxy groups -OCH3 is 1. The van der Waals surface area contributed by atoms with Gasteiger partial charge in [-0.15, -0.1) is 0 Å². The van der Waals surface area contributed by atoms with E-state index in [1.54, 1.807) is 0 Å². The van der Waals surface area contributed by atoms with Gasteiger partial charge >= 0.3 is 5.97 Å². The van der Waals surface area contributed by atoms with Crippen LogP contribution in [0.1, 0.15) is 65.2 Å². The van der Waals surface area contributed by atoms with E-state index in [4.69, 9.17) is 14.2 Å². The zero-order valence-corrected chi connectivity index (χ0v) is 25.1. The first-order valence-corrected chi connectivity index (χ1v) is 14.5. The maximum absolute atomic E-state index is 15.4. The highest BCUT2D eigenvalue weighted by molar-refractivity contribution is 5.77. The lowest BCUT2D eigenvalue weighted by Crippen LogP contribution is -2.19. The molecule has 0 bridgehead atoms. The molecule has 2 atom stereocenters. The van der Waals surface area contributed by atoms with Crippen LogP contribution in [0.2, 0.25) is 0 Å². The summed E-state index contributed by atoms with van der Waals surface area (Å²) in [6.45, 7) is 12.7. The molecule has 2 aliphatic rings. The van der Waals surface area contributed by atoms with Gasteiger partial charge in [-0.3, -0.25) is 9.78 Å². The Morgan fingerprint density at radius 2 is 1.71 bits per heavy atom. The van der Waals surface area contributed by atoms with Gasteiger partial charge in [0.2, 0.25) is 0 Å². The van der Waals surface area contributed by atoms with Crippen LogP contribution in [0.15, 0.2) is 72.6 Å². The number of pyridine rings is 1. The molecule has 0 amide bonds. The summed E-state index contributed by atoms with van der Waals surface area (Å²) in [4.78, 5) is 16.3. The lowest BCUT2D eigenvalue weighted by Gasteiger charge is -2.21. The molecule has 42 heavy (non-hydrogen) atoms. The van der Waals surface area contributed by atoms with E-state index in [1.165, 1.54) is 13.2 Å². The number of allylic oxidation sites excluding steroid dienone is 3. The number of hydrogen-bond donors (Lipinski definition) is 0. The molecule has 0 saturated heterocycles. The summed E-state index contributed by atoms with van der Waals surface area (Å²) in [5, 5.41) is 0. The topological polar surface area (TPSA) is 57.7 Å². The van der Waals surface area contributed by atoms with Gasteiger partial charge in [0.05, 0.1) is 20.1 Å². The summed E-state index contributed by atoms with van der Waals surface area (Å²) in [7, 11) is 1.38. The van der Waals surface area contributed by atoms with Crippen LogP contribution in [0.3, 0.4) is 0 Å². The molecule has 1 aromatic heterocycles. The molecule has 0 saturated carbocycles. The summed E-state index contributed by atoms with van der Waals surface area (Å²) < 4.78 is 32.3. The average Bonchev–Trinajstić information content (AvgIpc) is 3.36. The van der Waals surface area contributed by atoms with Crippen molar-refractivity contribution in [2.24, 2.45) is 0 Å². The molecule has 2 aromatic carbocycles. The van der Waals surface area contributed by atoms with Gasteiger partial charge in [-0.1, -0.05) is 30.9 Å². The van der Waals surface area contributed by atoms with Crippen molar-refractivity contribution in [2.75, 3.05) is 13.7 Å². The van der Waals surface area contributed by atoms with Gasteiger partial charge in [0, 0.05) is 34.5 Å². The highest BCUT2D eigenvalue weighted by atomic mass is 19.1. The largest absolute Gasteiger partial charge is 0.492 e. The van der Waals surface area contributed by atoms with Gasteiger partial charge in [-0.25, -0.2) is 4.39 Å². The van der Waals surface area contributed by atoms with Crippen LogP contribution in [0.4, 0.5) is 4.39 Å². The van der Waals surface area contributed by atoms with Crippen molar-refractivity contribution < 1.29 is 23.4 Å². The SMILES string of the molecule is C=C1/C(F)=C\C=C(\c2c(C)cc(-c3cc(C)nc(C)c3)cc2C)CCC[C@H]1Oc1ccc2c(c1)OC[C@H]2CC(=O)OC. The quantitative estimate of drug-likeness (QED) is 0.280. The number of esters is 1. The van der Waals surface area contributed by atoms with E-state index in [0.29, 0.717) is 30.1 Å². The van der Waals surface area contributed by atoms with Crippen molar-refractivity contribution in [3.63, 3.8) is 0 Å².